The van der Waals surface area contributed by atoms with Gasteiger partial charge in [-0.1, -0.05) is 0 Å². The maximum absolute atomic E-state index is 12.3. The van der Waals surface area contributed by atoms with Crippen molar-refractivity contribution in [2.45, 2.75) is 17.4 Å². The highest BCUT2D eigenvalue weighted by molar-refractivity contribution is 9.10. The number of carbonyl (C=O) groups excluding carboxylic acids is 2. The SMILES string of the molecule is O=C(Nc1ccc(S(=O)(=O)N[C@H]2CCOC2=O)cc1)c1cc(Br)cs1. The highest BCUT2D eigenvalue weighted by Crippen LogP contribution is 2.22. The lowest BCUT2D eigenvalue weighted by Crippen LogP contribution is -2.37. The Morgan fingerprint density at radius 1 is 1.28 bits per heavy atom. The van der Waals surface area contributed by atoms with Gasteiger partial charge in [0.15, 0.2) is 0 Å². The van der Waals surface area contributed by atoms with Crippen LogP contribution in [-0.4, -0.2) is 32.9 Å². The summed E-state index contributed by atoms with van der Waals surface area (Å²) < 4.78 is 32.4. The number of halogens is 1. The molecular weight excluding hydrogens is 432 g/mol. The van der Waals surface area contributed by atoms with Crippen LogP contribution in [-0.2, 0) is 19.6 Å². The topological polar surface area (TPSA) is 102 Å². The maximum Gasteiger partial charge on any atom is 0.324 e. The molecule has 3 rings (SSSR count). The summed E-state index contributed by atoms with van der Waals surface area (Å²) in [6.45, 7) is 0.204. The van der Waals surface area contributed by atoms with Crippen LogP contribution < -0.4 is 10.0 Å². The highest BCUT2D eigenvalue weighted by Gasteiger charge is 2.31. The molecule has 0 bridgehead atoms. The van der Waals surface area contributed by atoms with Crippen molar-refractivity contribution in [2.75, 3.05) is 11.9 Å². The van der Waals surface area contributed by atoms with Gasteiger partial charge in [0.2, 0.25) is 10.0 Å². The van der Waals surface area contributed by atoms with Crippen LogP contribution >= 0.6 is 27.3 Å². The van der Waals surface area contributed by atoms with Gasteiger partial charge < -0.3 is 10.1 Å². The molecule has 1 aliphatic heterocycles. The fourth-order valence-electron chi connectivity index (χ4n) is 2.20. The van der Waals surface area contributed by atoms with E-state index in [9.17, 15) is 18.0 Å². The number of rotatable bonds is 5. The number of cyclic esters (lactones) is 1. The van der Waals surface area contributed by atoms with Crippen LogP contribution in [0.25, 0.3) is 0 Å². The molecule has 25 heavy (non-hydrogen) atoms. The molecule has 0 spiro atoms. The van der Waals surface area contributed by atoms with Crippen LogP contribution in [0.3, 0.4) is 0 Å². The second kappa shape index (κ2) is 7.24. The summed E-state index contributed by atoms with van der Waals surface area (Å²) in [4.78, 5) is 24.0. The number of benzene rings is 1. The second-order valence-corrected chi connectivity index (χ2v) is 8.78. The lowest BCUT2D eigenvalue weighted by molar-refractivity contribution is -0.139. The van der Waals surface area contributed by atoms with Crippen LogP contribution in [0.2, 0.25) is 0 Å². The molecule has 1 aromatic heterocycles. The van der Waals surface area contributed by atoms with E-state index in [4.69, 9.17) is 4.74 Å². The number of esters is 1. The average Bonchev–Trinajstić information content (AvgIpc) is 3.17. The Bertz CT molecular complexity index is 908. The van der Waals surface area contributed by atoms with E-state index < -0.39 is 22.0 Å². The first kappa shape index (κ1) is 18.1. The number of hydrogen-bond donors (Lipinski definition) is 2. The molecule has 1 aliphatic rings. The van der Waals surface area contributed by atoms with Crippen molar-refractivity contribution < 1.29 is 22.7 Å². The van der Waals surface area contributed by atoms with Crippen molar-refractivity contribution in [3.63, 3.8) is 0 Å². The number of sulfonamides is 1. The Morgan fingerprint density at radius 3 is 2.56 bits per heavy atom. The molecule has 2 heterocycles. The van der Waals surface area contributed by atoms with Gasteiger partial charge in [-0.05, 0) is 46.3 Å². The zero-order valence-electron chi connectivity index (χ0n) is 12.7. The molecule has 0 aliphatic carbocycles. The van der Waals surface area contributed by atoms with Crippen molar-refractivity contribution in [3.05, 3.63) is 45.1 Å². The second-order valence-electron chi connectivity index (χ2n) is 5.24. The number of anilines is 1. The standard InChI is InChI=1S/C15H13BrN2O5S2/c16-9-7-13(24-8-9)14(19)17-10-1-3-11(4-2-10)25(21,22)18-12-5-6-23-15(12)20/h1-4,7-8,12,18H,5-6H2,(H,17,19)/t12-/m0/s1. The van der Waals surface area contributed by atoms with E-state index in [2.05, 4.69) is 26.0 Å². The van der Waals surface area contributed by atoms with E-state index in [0.717, 1.165) is 4.47 Å². The zero-order chi connectivity index (χ0) is 18.0. The third kappa shape index (κ3) is 4.27. The van der Waals surface area contributed by atoms with Gasteiger partial charge in [-0.15, -0.1) is 11.3 Å². The van der Waals surface area contributed by atoms with Gasteiger partial charge in [-0.25, -0.2) is 8.42 Å². The number of carbonyl (C=O) groups is 2. The van der Waals surface area contributed by atoms with E-state index in [-0.39, 0.29) is 17.4 Å². The summed E-state index contributed by atoms with van der Waals surface area (Å²) in [7, 11) is -3.84. The van der Waals surface area contributed by atoms with Gasteiger partial charge in [0.05, 0.1) is 16.4 Å². The molecule has 7 nitrogen and oxygen atoms in total. The molecule has 1 saturated heterocycles. The Balaban J connectivity index is 1.69. The van der Waals surface area contributed by atoms with E-state index in [1.165, 1.54) is 35.6 Å². The van der Waals surface area contributed by atoms with Gasteiger partial charge in [-0.2, -0.15) is 4.72 Å². The van der Waals surface area contributed by atoms with Crippen LogP contribution in [0.1, 0.15) is 16.1 Å². The zero-order valence-corrected chi connectivity index (χ0v) is 15.9. The minimum Gasteiger partial charge on any atom is -0.464 e. The van der Waals surface area contributed by atoms with Gasteiger partial charge in [0.1, 0.15) is 6.04 Å². The molecule has 132 valence electrons. The third-order valence-electron chi connectivity index (χ3n) is 3.45. The quantitative estimate of drug-likeness (QED) is 0.689. The van der Waals surface area contributed by atoms with Crippen molar-refractivity contribution in [1.29, 1.82) is 0 Å². The molecule has 0 radical (unpaired) electrons. The monoisotopic (exact) mass is 444 g/mol. The summed E-state index contributed by atoms with van der Waals surface area (Å²) in [6, 6.07) is 6.54. The Labute approximate surface area is 156 Å². The molecule has 1 amide bonds. The Hall–Kier alpha value is -1.75. The lowest BCUT2D eigenvalue weighted by atomic mass is 10.3. The van der Waals surface area contributed by atoms with Gasteiger partial charge in [0.25, 0.3) is 5.91 Å². The van der Waals surface area contributed by atoms with Crippen LogP contribution in [0.5, 0.6) is 0 Å². The minimum atomic E-state index is -3.84. The summed E-state index contributed by atoms with van der Waals surface area (Å²) in [5, 5.41) is 4.49. The molecule has 0 saturated carbocycles. The average molecular weight is 445 g/mol. The molecule has 1 aromatic carbocycles. The van der Waals surface area contributed by atoms with Crippen molar-refractivity contribution >= 4 is 54.9 Å². The van der Waals surface area contributed by atoms with Crippen molar-refractivity contribution in [2.24, 2.45) is 0 Å². The number of hydrogen-bond acceptors (Lipinski definition) is 6. The first-order valence-corrected chi connectivity index (χ1v) is 10.4. The Morgan fingerprint density at radius 2 is 2.00 bits per heavy atom. The fourth-order valence-corrected chi connectivity index (χ4v) is 4.74. The number of amides is 1. The van der Waals surface area contributed by atoms with E-state index in [0.29, 0.717) is 17.0 Å². The number of ether oxygens (including phenoxy) is 1. The molecule has 10 heteroatoms. The number of thiophene rings is 1. The normalized spacial score (nSPS) is 17.3. The van der Waals surface area contributed by atoms with E-state index >= 15 is 0 Å². The summed E-state index contributed by atoms with van der Waals surface area (Å²) in [6.07, 6.45) is 0.308. The number of nitrogens with one attached hydrogen (secondary N) is 2. The van der Waals surface area contributed by atoms with E-state index in [1.807, 2.05) is 0 Å². The molecular formula is C15H13BrN2O5S2. The minimum absolute atomic E-state index is 0.00377. The van der Waals surface area contributed by atoms with E-state index in [1.54, 1.807) is 11.4 Å². The molecule has 2 N–H and O–H groups in total. The van der Waals surface area contributed by atoms with Gasteiger partial charge in [-0.3, -0.25) is 9.59 Å². The lowest BCUT2D eigenvalue weighted by Gasteiger charge is -2.10. The summed E-state index contributed by atoms with van der Waals surface area (Å²) in [5.74, 6) is -0.854. The largest absolute Gasteiger partial charge is 0.464 e. The summed E-state index contributed by atoms with van der Waals surface area (Å²) in [5.41, 5.74) is 0.466. The molecule has 2 aromatic rings. The van der Waals surface area contributed by atoms with Crippen molar-refractivity contribution in [3.8, 4) is 0 Å². The molecule has 0 unspecified atom stereocenters. The third-order valence-corrected chi connectivity index (χ3v) is 6.62. The summed E-state index contributed by atoms with van der Waals surface area (Å²) >= 11 is 4.57. The van der Waals surface area contributed by atoms with Crippen molar-refractivity contribution in [1.82, 2.24) is 4.72 Å². The van der Waals surface area contributed by atoms with Gasteiger partial charge >= 0.3 is 5.97 Å². The molecule has 1 fully saturated rings. The first-order chi connectivity index (χ1) is 11.8. The predicted molar refractivity (Wildman–Crippen MR) is 96.1 cm³/mol. The molecule has 1 atom stereocenters. The predicted octanol–water partition coefficient (Wildman–Crippen LogP) is 2.36. The fraction of sp³-hybridized carbons (Fsp3) is 0.200. The smallest absolute Gasteiger partial charge is 0.324 e. The van der Waals surface area contributed by atoms with Crippen LogP contribution in [0.4, 0.5) is 5.69 Å². The van der Waals surface area contributed by atoms with Crippen LogP contribution in [0, 0.1) is 0 Å². The maximum atomic E-state index is 12.3. The van der Waals surface area contributed by atoms with Gasteiger partial charge in [0, 0.05) is 22.0 Å². The Kier molecular flexibility index (Phi) is 5.23. The first-order valence-electron chi connectivity index (χ1n) is 7.19. The van der Waals surface area contributed by atoms with Crippen LogP contribution in [0.15, 0.2) is 45.1 Å². The highest BCUT2D eigenvalue weighted by atomic mass is 79.9.